The highest BCUT2D eigenvalue weighted by molar-refractivity contribution is 5.96. The van der Waals surface area contributed by atoms with Gasteiger partial charge in [-0.3, -0.25) is 9.59 Å². The lowest BCUT2D eigenvalue weighted by Crippen LogP contribution is -2.41. The number of carboxylic acids is 2. The van der Waals surface area contributed by atoms with Crippen molar-refractivity contribution in [2.24, 2.45) is 0 Å². The van der Waals surface area contributed by atoms with Crippen LogP contribution in [0.2, 0.25) is 0 Å². The fourth-order valence-electron chi connectivity index (χ4n) is 3.46. The molecule has 0 radical (unpaired) electrons. The second-order valence-electron chi connectivity index (χ2n) is 8.44. The molecule has 3 aromatic rings. The van der Waals surface area contributed by atoms with Crippen LogP contribution in [0.5, 0.6) is 0 Å². The molecule has 7 N–H and O–H groups in total. The quantitative estimate of drug-likeness (QED) is 0.301. The Labute approximate surface area is 194 Å². The van der Waals surface area contributed by atoms with Crippen molar-refractivity contribution in [1.29, 1.82) is 0 Å². The van der Waals surface area contributed by atoms with E-state index in [0.29, 0.717) is 23.3 Å². The number of carbonyl (C=O) groups is 3. The fraction of sp³-hybridized carbons (Fsp3) is 0.318. The van der Waals surface area contributed by atoms with Gasteiger partial charge in [-0.2, -0.15) is 9.97 Å². The summed E-state index contributed by atoms with van der Waals surface area (Å²) in [6, 6.07) is 5.42. The van der Waals surface area contributed by atoms with Crippen LogP contribution in [0.25, 0.3) is 11.2 Å². The van der Waals surface area contributed by atoms with Crippen molar-refractivity contribution >= 4 is 40.8 Å². The average molecular weight is 467 g/mol. The van der Waals surface area contributed by atoms with Crippen molar-refractivity contribution in [3.05, 3.63) is 47.3 Å². The second-order valence-corrected chi connectivity index (χ2v) is 8.44. The number of rotatable bonds is 9. The van der Waals surface area contributed by atoms with Crippen molar-refractivity contribution in [3.63, 3.8) is 0 Å². The van der Waals surface area contributed by atoms with Crippen molar-refractivity contribution in [2.45, 2.75) is 44.6 Å². The van der Waals surface area contributed by atoms with Gasteiger partial charge in [0.05, 0.1) is 11.9 Å². The molecule has 1 aromatic carbocycles. The molecule has 2 heterocycles. The minimum absolute atomic E-state index is 0.0214. The first-order valence-corrected chi connectivity index (χ1v) is 10.4. The molecular weight excluding hydrogens is 442 g/mol. The zero-order chi connectivity index (χ0) is 25.0. The number of amides is 1. The summed E-state index contributed by atoms with van der Waals surface area (Å²) in [4.78, 5) is 51.2. The molecular formula is C22H25N7O5. The SMILES string of the molecule is CC(C)(Cc1cnc2nc(N)nc(N)c2n1)c1ccc(C(=O)N[C@@H](CCC(=O)O)C(=O)O)cc1. The van der Waals surface area contributed by atoms with Crippen LogP contribution in [0.1, 0.15) is 48.3 Å². The molecule has 0 aliphatic rings. The normalized spacial score (nSPS) is 12.3. The Morgan fingerprint density at radius 1 is 1.06 bits per heavy atom. The van der Waals surface area contributed by atoms with Crippen LogP contribution in [-0.4, -0.2) is 54.0 Å². The molecule has 3 rings (SSSR count). The molecule has 12 heteroatoms. The maximum atomic E-state index is 12.5. The van der Waals surface area contributed by atoms with Crippen LogP contribution >= 0.6 is 0 Å². The number of hydrogen-bond acceptors (Lipinski definition) is 9. The molecule has 0 saturated carbocycles. The number of hydrogen-bond donors (Lipinski definition) is 5. The van der Waals surface area contributed by atoms with Gasteiger partial charge in [0, 0.05) is 18.4 Å². The first kappa shape index (κ1) is 24.3. The summed E-state index contributed by atoms with van der Waals surface area (Å²) in [5, 5.41) is 20.3. The van der Waals surface area contributed by atoms with E-state index in [2.05, 4.69) is 25.3 Å². The molecule has 0 aliphatic carbocycles. The van der Waals surface area contributed by atoms with Crippen molar-refractivity contribution < 1.29 is 24.6 Å². The summed E-state index contributed by atoms with van der Waals surface area (Å²) >= 11 is 0. The minimum Gasteiger partial charge on any atom is -0.481 e. The first-order chi connectivity index (χ1) is 16.0. The molecule has 12 nitrogen and oxygen atoms in total. The van der Waals surface area contributed by atoms with E-state index in [4.69, 9.17) is 16.6 Å². The molecule has 34 heavy (non-hydrogen) atoms. The number of fused-ring (bicyclic) bond motifs is 1. The Bertz CT molecular complexity index is 1240. The van der Waals surface area contributed by atoms with Gasteiger partial charge in [0.1, 0.15) is 6.04 Å². The molecule has 1 atom stereocenters. The predicted molar refractivity (Wildman–Crippen MR) is 123 cm³/mol. The molecule has 178 valence electrons. The van der Waals surface area contributed by atoms with Gasteiger partial charge in [0.25, 0.3) is 5.91 Å². The minimum atomic E-state index is -1.29. The first-order valence-electron chi connectivity index (χ1n) is 10.4. The third kappa shape index (κ3) is 5.71. The smallest absolute Gasteiger partial charge is 0.326 e. The molecule has 2 aromatic heterocycles. The van der Waals surface area contributed by atoms with Gasteiger partial charge < -0.3 is 27.0 Å². The van der Waals surface area contributed by atoms with E-state index < -0.39 is 29.3 Å². The standard InChI is InChI=1S/C22H25N7O5/c1-22(2,9-13-10-25-18-16(26-13)17(23)28-21(24)29-18)12-5-3-11(4-6-12)19(32)27-14(20(33)34)7-8-15(30)31/h3-6,10,14H,7-9H2,1-2H3,(H,27,32)(H,30,31)(H,33,34)(H4,23,24,25,28,29)/t14-/m0/s1. The summed E-state index contributed by atoms with van der Waals surface area (Å²) in [5.41, 5.74) is 13.6. The highest BCUT2D eigenvalue weighted by Crippen LogP contribution is 2.28. The largest absolute Gasteiger partial charge is 0.481 e. The average Bonchev–Trinajstić information content (AvgIpc) is 2.76. The van der Waals surface area contributed by atoms with Gasteiger partial charge in [-0.05, 0) is 29.5 Å². The van der Waals surface area contributed by atoms with Gasteiger partial charge in [-0.15, -0.1) is 0 Å². The van der Waals surface area contributed by atoms with Gasteiger partial charge in [-0.1, -0.05) is 26.0 Å². The fourth-order valence-corrected chi connectivity index (χ4v) is 3.46. The van der Waals surface area contributed by atoms with Crippen LogP contribution in [0.4, 0.5) is 11.8 Å². The molecule has 0 unspecified atom stereocenters. The zero-order valence-electron chi connectivity index (χ0n) is 18.6. The lowest BCUT2D eigenvalue weighted by Gasteiger charge is -2.25. The summed E-state index contributed by atoms with van der Waals surface area (Å²) in [6.07, 6.45) is 1.52. The second kappa shape index (κ2) is 9.65. The van der Waals surface area contributed by atoms with Crippen LogP contribution in [0, 0.1) is 0 Å². The molecule has 0 spiro atoms. The third-order valence-corrected chi connectivity index (χ3v) is 5.30. The number of carbonyl (C=O) groups excluding carboxylic acids is 1. The van der Waals surface area contributed by atoms with Gasteiger partial charge in [-0.25, -0.2) is 14.8 Å². The van der Waals surface area contributed by atoms with E-state index in [1.165, 1.54) is 0 Å². The van der Waals surface area contributed by atoms with E-state index in [1.807, 2.05) is 13.8 Å². The van der Waals surface area contributed by atoms with Gasteiger partial charge in [0.15, 0.2) is 17.0 Å². The summed E-state index contributed by atoms with van der Waals surface area (Å²) in [6.45, 7) is 4.01. The number of carboxylic acid groups (broad SMARTS) is 2. The van der Waals surface area contributed by atoms with Crippen molar-refractivity contribution in [1.82, 2.24) is 25.3 Å². The Hall–Kier alpha value is -4.35. The lowest BCUT2D eigenvalue weighted by molar-refractivity contribution is -0.140. The number of aromatic nitrogens is 4. The number of benzene rings is 1. The van der Waals surface area contributed by atoms with Gasteiger partial charge >= 0.3 is 11.9 Å². The number of anilines is 2. The number of nitrogens with one attached hydrogen (secondary N) is 1. The van der Waals surface area contributed by atoms with E-state index >= 15 is 0 Å². The predicted octanol–water partition coefficient (Wildman–Crippen LogP) is 1.15. The number of nitrogens with two attached hydrogens (primary N) is 2. The maximum absolute atomic E-state index is 12.5. The number of nitrogen functional groups attached to an aromatic ring is 2. The zero-order valence-corrected chi connectivity index (χ0v) is 18.6. The van der Waals surface area contributed by atoms with E-state index in [0.717, 1.165) is 5.56 Å². The van der Waals surface area contributed by atoms with E-state index in [9.17, 15) is 19.5 Å². The highest BCUT2D eigenvalue weighted by atomic mass is 16.4. The van der Waals surface area contributed by atoms with Gasteiger partial charge in [0.2, 0.25) is 5.95 Å². The molecule has 0 saturated heterocycles. The van der Waals surface area contributed by atoms with Crippen LogP contribution in [-0.2, 0) is 21.4 Å². The van der Waals surface area contributed by atoms with Crippen molar-refractivity contribution in [3.8, 4) is 0 Å². The topological polar surface area (TPSA) is 207 Å². The Balaban J connectivity index is 1.74. The number of nitrogens with zero attached hydrogens (tertiary/aromatic N) is 4. The van der Waals surface area contributed by atoms with E-state index in [-0.39, 0.29) is 30.2 Å². The molecule has 0 bridgehead atoms. The van der Waals surface area contributed by atoms with Crippen molar-refractivity contribution in [2.75, 3.05) is 11.5 Å². The Morgan fingerprint density at radius 2 is 1.74 bits per heavy atom. The summed E-state index contributed by atoms with van der Waals surface area (Å²) in [5.74, 6) is -2.86. The molecule has 0 fully saturated rings. The Morgan fingerprint density at radius 3 is 2.35 bits per heavy atom. The van der Waals surface area contributed by atoms with E-state index in [1.54, 1.807) is 30.5 Å². The highest BCUT2D eigenvalue weighted by Gasteiger charge is 2.25. The third-order valence-electron chi connectivity index (χ3n) is 5.30. The number of aliphatic carboxylic acids is 2. The Kier molecular flexibility index (Phi) is 6.89. The summed E-state index contributed by atoms with van der Waals surface area (Å²) in [7, 11) is 0. The van der Waals surface area contributed by atoms with Crippen LogP contribution in [0.3, 0.4) is 0 Å². The molecule has 0 aliphatic heterocycles. The van der Waals surface area contributed by atoms with Crippen LogP contribution in [0.15, 0.2) is 30.5 Å². The lowest BCUT2D eigenvalue weighted by atomic mass is 9.80. The molecule has 1 amide bonds. The monoisotopic (exact) mass is 467 g/mol. The summed E-state index contributed by atoms with van der Waals surface area (Å²) < 4.78 is 0. The maximum Gasteiger partial charge on any atom is 0.326 e. The van der Waals surface area contributed by atoms with Crippen LogP contribution < -0.4 is 16.8 Å².